The Hall–Kier alpha value is -1.71. The van der Waals surface area contributed by atoms with Crippen LogP contribution in [0, 0.1) is 3.57 Å². The van der Waals surface area contributed by atoms with Crippen molar-refractivity contribution < 1.29 is 4.74 Å². The Morgan fingerprint density at radius 2 is 1.96 bits per heavy atom. The van der Waals surface area contributed by atoms with Gasteiger partial charge >= 0.3 is 0 Å². The van der Waals surface area contributed by atoms with Crippen LogP contribution in [-0.2, 0) is 11.5 Å². The van der Waals surface area contributed by atoms with Crippen LogP contribution < -0.4 is 0 Å². The lowest BCUT2D eigenvalue weighted by molar-refractivity contribution is 0.0818. The molecule has 2 aromatic heterocycles. The molecule has 140 valence electrons. The van der Waals surface area contributed by atoms with Crippen molar-refractivity contribution in [2.45, 2.75) is 32.4 Å². The van der Waals surface area contributed by atoms with Gasteiger partial charge in [0.1, 0.15) is 12.4 Å². The molecule has 0 amide bonds. The largest absolute Gasteiger partial charge is 0.360 e. The molecule has 0 saturated carbocycles. The number of para-hydroxylation sites is 2. The van der Waals surface area contributed by atoms with Gasteiger partial charge in [-0.05, 0) is 59.0 Å². The number of nitrogens with one attached hydrogen (secondary N) is 1. The van der Waals surface area contributed by atoms with E-state index in [4.69, 9.17) is 14.8 Å². The second-order valence-electron chi connectivity index (χ2n) is 7.96. The van der Waals surface area contributed by atoms with Crippen LogP contribution in [0.4, 0.5) is 0 Å². The molecule has 4 rings (SSSR count). The Morgan fingerprint density at radius 1 is 1.15 bits per heavy atom. The third kappa shape index (κ3) is 4.09. The van der Waals surface area contributed by atoms with Gasteiger partial charge in [0.15, 0.2) is 5.82 Å². The van der Waals surface area contributed by atoms with E-state index in [1.54, 1.807) is 0 Å². The number of aromatic amines is 1. The highest BCUT2D eigenvalue weighted by Gasteiger charge is 2.17. The first kappa shape index (κ1) is 18.6. The van der Waals surface area contributed by atoms with Crippen LogP contribution in [0.5, 0.6) is 0 Å². The summed E-state index contributed by atoms with van der Waals surface area (Å²) in [7, 11) is -1.09. The number of rotatable bonds is 6. The van der Waals surface area contributed by atoms with Crippen molar-refractivity contribution in [1.29, 1.82) is 0 Å². The van der Waals surface area contributed by atoms with E-state index in [0.29, 0.717) is 6.73 Å². The maximum Gasteiger partial charge on any atom is 0.159 e. The normalized spacial score (nSPS) is 12.3. The second kappa shape index (κ2) is 7.37. The molecule has 5 nitrogen and oxygen atoms in total. The average Bonchev–Trinajstić information content (AvgIpc) is 3.18. The third-order valence-electron chi connectivity index (χ3n) is 4.54. The fourth-order valence-corrected chi connectivity index (χ4v) is 4.27. The predicted octanol–water partition coefficient (Wildman–Crippen LogP) is 5.50. The predicted molar refractivity (Wildman–Crippen MR) is 122 cm³/mol. The Bertz CT molecular complexity index is 1060. The highest BCUT2D eigenvalue weighted by atomic mass is 127. The highest BCUT2D eigenvalue weighted by Crippen LogP contribution is 2.29. The molecule has 0 saturated heterocycles. The maximum absolute atomic E-state index is 5.94. The number of imidazole rings is 1. The van der Waals surface area contributed by atoms with E-state index in [1.807, 2.05) is 28.9 Å². The molecule has 0 bridgehead atoms. The first-order chi connectivity index (χ1) is 12.9. The van der Waals surface area contributed by atoms with Crippen LogP contribution in [0.25, 0.3) is 33.5 Å². The minimum absolute atomic E-state index is 0.460. The molecule has 1 N–H and O–H groups in total. The molecule has 2 aromatic carbocycles. The van der Waals surface area contributed by atoms with Crippen LogP contribution in [0.15, 0.2) is 42.5 Å². The van der Waals surface area contributed by atoms with Gasteiger partial charge in [-0.25, -0.2) is 9.67 Å². The lowest BCUT2D eigenvalue weighted by Gasteiger charge is -2.15. The summed E-state index contributed by atoms with van der Waals surface area (Å²) in [5.41, 5.74) is 3.91. The number of nitrogens with zero attached hydrogens (tertiary/aromatic N) is 3. The number of halogens is 1. The van der Waals surface area contributed by atoms with Crippen LogP contribution in [0.2, 0.25) is 25.7 Å². The molecular weight excluding hydrogens is 467 g/mol. The number of fused-ring (bicyclic) bond motifs is 2. The summed E-state index contributed by atoms with van der Waals surface area (Å²) >= 11 is 2.34. The fourth-order valence-electron chi connectivity index (χ4n) is 3.02. The zero-order chi connectivity index (χ0) is 19.0. The lowest BCUT2D eigenvalue weighted by atomic mass is 10.2. The van der Waals surface area contributed by atoms with E-state index in [-0.39, 0.29) is 0 Å². The lowest BCUT2D eigenvalue weighted by Crippen LogP contribution is -2.22. The summed E-state index contributed by atoms with van der Waals surface area (Å²) in [5.74, 6) is 0.795. The Labute approximate surface area is 173 Å². The van der Waals surface area contributed by atoms with E-state index in [9.17, 15) is 0 Å². The van der Waals surface area contributed by atoms with Crippen LogP contribution in [0.3, 0.4) is 0 Å². The van der Waals surface area contributed by atoms with E-state index < -0.39 is 8.07 Å². The van der Waals surface area contributed by atoms with Crippen molar-refractivity contribution in [3.8, 4) is 11.5 Å². The molecule has 7 heteroatoms. The molecule has 27 heavy (non-hydrogen) atoms. The second-order valence-corrected chi connectivity index (χ2v) is 14.8. The molecule has 2 heterocycles. The summed E-state index contributed by atoms with van der Waals surface area (Å²) in [6, 6.07) is 15.6. The number of H-pyrrole nitrogens is 1. The third-order valence-corrected chi connectivity index (χ3v) is 6.91. The van der Waals surface area contributed by atoms with Gasteiger partial charge in [-0.2, -0.15) is 5.10 Å². The Balaban J connectivity index is 1.69. The molecule has 0 aliphatic carbocycles. The van der Waals surface area contributed by atoms with E-state index in [2.05, 4.69) is 65.4 Å². The summed E-state index contributed by atoms with van der Waals surface area (Å²) < 4.78 is 9.06. The molecule has 0 radical (unpaired) electrons. The van der Waals surface area contributed by atoms with E-state index in [1.165, 1.54) is 3.57 Å². The fraction of sp³-hybridized carbons (Fsp3) is 0.300. The van der Waals surface area contributed by atoms with E-state index >= 15 is 0 Å². The summed E-state index contributed by atoms with van der Waals surface area (Å²) in [6.45, 7) is 8.33. The molecular formula is C20H23IN4OSi. The minimum atomic E-state index is -1.09. The molecule has 0 aliphatic rings. The van der Waals surface area contributed by atoms with Crippen molar-refractivity contribution in [2.24, 2.45) is 0 Å². The van der Waals surface area contributed by atoms with Crippen LogP contribution >= 0.6 is 22.6 Å². The van der Waals surface area contributed by atoms with Gasteiger partial charge in [-0.15, -0.1) is 0 Å². The minimum Gasteiger partial charge on any atom is -0.360 e. The molecule has 0 atom stereocenters. The quantitative estimate of drug-likeness (QED) is 0.221. The Morgan fingerprint density at radius 3 is 2.74 bits per heavy atom. The van der Waals surface area contributed by atoms with Gasteiger partial charge in [0.2, 0.25) is 0 Å². The number of ether oxygens (including phenoxy) is 1. The van der Waals surface area contributed by atoms with Crippen molar-refractivity contribution in [2.75, 3.05) is 6.61 Å². The Kier molecular flexibility index (Phi) is 5.08. The first-order valence-corrected chi connectivity index (χ1v) is 13.9. The molecule has 0 spiro atoms. The number of hydrogen-bond donors (Lipinski definition) is 1. The van der Waals surface area contributed by atoms with Gasteiger partial charge in [0.25, 0.3) is 0 Å². The molecule has 0 fully saturated rings. The molecule has 0 aliphatic heterocycles. The van der Waals surface area contributed by atoms with E-state index in [0.717, 1.165) is 46.1 Å². The van der Waals surface area contributed by atoms with Crippen molar-refractivity contribution in [1.82, 2.24) is 19.7 Å². The SMILES string of the molecule is C[Si](C)(C)CCOCn1nc(-c2nc3ccccc3[nH]2)c2cc(I)ccc21. The first-order valence-electron chi connectivity index (χ1n) is 9.10. The van der Waals surface area contributed by atoms with Gasteiger partial charge in [0.05, 0.1) is 16.6 Å². The van der Waals surface area contributed by atoms with Crippen LogP contribution in [-0.4, -0.2) is 34.4 Å². The topological polar surface area (TPSA) is 55.7 Å². The van der Waals surface area contributed by atoms with Gasteiger partial charge < -0.3 is 9.72 Å². The van der Waals surface area contributed by atoms with Gasteiger partial charge in [0, 0.05) is 23.6 Å². The zero-order valence-electron chi connectivity index (χ0n) is 15.8. The summed E-state index contributed by atoms with van der Waals surface area (Å²) in [5, 5.41) is 5.93. The number of aromatic nitrogens is 4. The summed E-state index contributed by atoms with van der Waals surface area (Å²) in [6.07, 6.45) is 0. The summed E-state index contributed by atoms with van der Waals surface area (Å²) in [4.78, 5) is 8.14. The van der Waals surface area contributed by atoms with Crippen LogP contribution in [0.1, 0.15) is 0 Å². The maximum atomic E-state index is 5.94. The zero-order valence-corrected chi connectivity index (χ0v) is 18.9. The van der Waals surface area contributed by atoms with Crippen molar-refractivity contribution in [3.63, 3.8) is 0 Å². The standard InChI is InChI=1S/C20H23IN4OSi/c1-27(2,3)11-10-26-13-25-18-9-8-14(21)12-15(18)19(24-25)20-22-16-6-4-5-7-17(16)23-20/h4-9,12H,10-11,13H2,1-3H3,(H,22,23). The van der Waals surface area contributed by atoms with Crippen molar-refractivity contribution >= 4 is 52.6 Å². The highest BCUT2D eigenvalue weighted by molar-refractivity contribution is 14.1. The monoisotopic (exact) mass is 490 g/mol. The molecule has 0 unspecified atom stereocenters. The average molecular weight is 490 g/mol. The van der Waals surface area contributed by atoms with Gasteiger partial charge in [-0.3, -0.25) is 0 Å². The van der Waals surface area contributed by atoms with Crippen molar-refractivity contribution in [3.05, 3.63) is 46.0 Å². The molecule has 4 aromatic rings. The number of benzene rings is 2. The number of hydrogen-bond acceptors (Lipinski definition) is 3. The van der Waals surface area contributed by atoms with Gasteiger partial charge in [-0.1, -0.05) is 31.8 Å². The smallest absolute Gasteiger partial charge is 0.159 e.